The van der Waals surface area contributed by atoms with E-state index in [9.17, 15) is 4.79 Å². The van der Waals surface area contributed by atoms with Gasteiger partial charge in [0.15, 0.2) is 0 Å². The molecule has 6 heteroatoms. The zero-order chi connectivity index (χ0) is 20.1. The first-order valence-corrected chi connectivity index (χ1v) is 10.1. The van der Waals surface area contributed by atoms with Gasteiger partial charge in [-0.25, -0.2) is 4.98 Å². The molecule has 1 aromatic heterocycles. The van der Waals surface area contributed by atoms with Crippen LogP contribution in [0.1, 0.15) is 6.42 Å². The number of fused-ring (bicyclic) bond motifs is 1. The molecule has 2 heterocycles. The zero-order valence-corrected chi connectivity index (χ0v) is 16.7. The Bertz CT molecular complexity index is 986. The summed E-state index contributed by atoms with van der Waals surface area (Å²) in [6, 6.07) is 18.7. The molecule has 1 aliphatic rings. The maximum atomic E-state index is 11.7. The first-order chi connectivity index (χ1) is 14.2. The number of aromatic nitrogens is 1. The van der Waals surface area contributed by atoms with Crippen LogP contribution in [-0.2, 0) is 4.79 Å². The lowest BCUT2D eigenvalue weighted by molar-refractivity contribution is -0.120. The van der Waals surface area contributed by atoms with Crippen molar-refractivity contribution in [3.63, 3.8) is 0 Å². The zero-order valence-electron chi connectivity index (χ0n) is 16.7. The third-order valence-corrected chi connectivity index (χ3v) is 5.20. The molecule has 4 rings (SSSR count). The predicted molar refractivity (Wildman–Crippen MR) is 119 cm³/mol. The van der Waals surface area contributed by atoms with Crippen LogP contribution in [0.2, 0.25) is 0 Å². The summed E-state index contributed by atoms with van der Waals surface area (Å²) in [6.07, 6.45) is 1.06. The van der Waals surface area contributed by atoms with Crippen molar-refractivity contribution in [2.75, 3.05) is 50.0 Å². The van der Waals surface area contributed by atoms with Gasteiger partial charge in [-0.05, 0) is 44.3 Å². The van der Waals surface area contributed by atoms with Gasteiger partial charge in [-0.15, -0.1) is 0 Å². The number of piperazine rings is 1. The molecule has 0 saturated carbocycles. The Balaban J connectivity index is 1.60. The van der Waals surface area contributed by atoms with Crippen LogP contribution < -0.4 is 20.9 Å². The summed E-state index contributed by atoms with van der Waals surface area (Å²) in [5.41, 5.74) is 5.17. The second-order valence-electron chi connectivity index (χ2n) is 7.27. The van der Waals surface area contributed by atoms with Crippen LogP contribution in [0.3, 0.4) is 0 Å². The number of carbonyl (C=O) groups excluding carboxylic acids is 1. The average Bonchev–Trinajstić information content (AvgIpc) is 2.76. The van der Waals surface area contributed by atoms with E-state index in [4.69, 9.17) is 4.98 Å². The van der Waals surface area contributed by atoms with Crippen molar-refractivity contribution < 1.29 is 4.79 Å². The van der Waals surface area contributed by atoms with Crippen molar-refractivity contribution in [3.8, 4) is 11.3 Å². The van der Waals surface area contributed by atoms with Crippen molar-refractivity contribution in [3.05, 3.63) is 54.6 Å². The summed E-state index contributed by atoms with van der Waals surface area (Å²) >= 11 is 0. The van der Waals surface area contributed by atoms with Crippen LogP contribution >= 0.6 is 0 Å². The van der Waals surface area contributed by atoms with Gasteiger partial charge in [-0.3, -0.25) is 4.79 Å². The van der Waals surface area contributed by atoms with Crippen molar-refractivity contribution in [1.29, 1.82) is 0 Å². The Morgan fingerprint density at radius 1 is 1.10 bits per heavy atom. The smallest absolute Gasteiger partial charge is 0.239 e. The van der Waals surface area contributed by atoms with Gasteiger partial charge in [0.05, 0.1) is 17.8 Å². The molecule has 0 spiro atoms. The molecule has 0 bridgehead atoms. The highest BCUT2D eigenvalue weighted by molar-refractivity contribution is 5.93. The van der Waals surface area contributed by atoms with E-state index in [1.807, 2.05) is 19.2 Å². The quantitative estimate of drug-likeness (QED) is 0.542. The monoisotopic (exact) mass is 389 g/mol. The van der Waals surface area contributed by atoms with Crippen LogP contribution in [0, 0.1) is 0 Å². The van der Waals surface area contributed by atoms with E-state index < -0.39 is 0 Å². The second kappa shape index (κ2) is 8.92. The molecule has 1 fully saturated rings. The lowest BCUT2D eigenvalue weighted by Gasteiger charge is -2.28. The summed E-state index contributed by atoms with van der Waals surface area (Å²) in [5, 5.41) is 10.8. The molecule has 150 valence electrons. The third kappa shape index (κ3) is 4.49. The van der Waals surface area contributed by atoms with Gasteiger partial charge < -0.3 is 20.9 Å². The highest BCUT2D eigenvalue weighted by Crippen LogP contribution is 2.29. The molecule has 0 atom stereocenters. The van der Waals surface area contributed by atoms with E-state index in [0.717, 1.165) is 59.6 Å². The molecule has 1 aliphatic heterocycles. The van der Waals surface area contributed by atoms with Crippen molar-refractivity contribution in [1.82, 2.24) is 15.6 Å². The number of hydrogen-bond donors (Lipinski definition) is 3. The van der Waals surface area contributed by atoms with E-state index in [1.165, 1.54) is 0 Å². The Morgan fingerprint density at radius 3 is 2.72 bits per heavy atom. The SMILES string of the molecule is CNCCCNc1cc(-c2ccc(N3CCNC(=O)C3)cc2)nc2ccccc12. The molecule has 3 aromatic rings. The second-order valence-corrected chi connectivity index (χ2v) is 7.27. The lowest BCUT2D eigenvalue weighted by Crippen LogP contribution is -2.47. The average molecular weight is 390 g/mol. The number of rotatable bonds is 7. The summed E-state index contributed by atoms with van der Waals surface area (Å²) in [7, 11) is 1.97. The molecule has 6 nitrogen and oxygen atoms in total. The van der Waals surface area contributed by atoms with E-state index in [-0.39, 0.29) is 5.91 Å². The van der Waals surface area contributed by atoms with Gasteiger partial charge in [0.2, 0.25) is 5.91 Å². The summed E-state index contributed by atoms with van der Waals surface area (Å²) < 4.78 is 0. The maximum absolute atomic E-state index is 11.7. The minimum absolute atomic E-state index is 0.0745. The number of pyridine rings is 1. The topological polar surface area (TPSA) is 69.3 Å². The summed E-state index contributed by atoms with van der Waals surface area (Å²) in [4.78, 5) is 18.6. The number of nitrogens with zero attached hydrogens (tertiary/aromatic N) is 2. The number of anilines is 2. The fourth-order valence-electron chi connectivity index (χ4n) is 3.66. The molecule has 1 saturated heterocycles. The number of carbonyl (C=O) groups is 1. The lowest BCUT2D eigenvalue weighted by atomic mass is 10.1. The summed E-state index contributed by atoms with van der Waals surface area (Å²) in [5.74, 6) is 0.0745. The first-order valence-electron chi connectivity index (χ1n) is 10.1. The van der Waals surface area contributed by atoms with Crippen LogP contribution in [-0.4, -0.2) is 50.7 Å². The van der Waals surface area contributed by atoms with Crippen molar-refractivity contribution >= 4 is 28.2 Å². The van der Waals surface area contributed by atoms with Crippen molar-refractivity contribution in [2.45, 2.75) is 6.42 Å². The van der Waals surface area contributed by atoms with E-state index >= 15 is 0 Å². The van der Waals surface area contributed by atoms with Gasteiger partial charge in [0.1, 0.15) is 0 Å². The molecular formula is C23H27N5O. The molecule has 29 heavy (non-hydrogen) atoms. The largest absolute Gasteiger partial charge is 0.384 e. The maximum Gasteiger partial charge on any atom is 0.239 e. The van der Waals surface area contributed by atoms with E-state index in [0.29, 0.717) is 13.1 Å². The van der Waals surface area contributed by atoms with Gasteiger partial charge in [-0.2, -0.15) is 0 Å². The van der Waals surface area contributed by atoms with E-state index in [2.05, 4.69) is 63.3 Å². The Hall–Kier alpha value is -3.12. The Kier molecular flexibility index (Phi) is 5.91. The highest BCUT2D eigenvalue weighted by Gasteiger charge is 2.16. The van der Waals surface area contributed by atoms with E-state index in [1.54, 1.807) is 0 Å². The Labute approximate surface area is 171 Å². The number of para-hydroxylation sites is 1. The first kappa shape index (κ1) is 19.2. The molecule has 2 aromatic carbocycles. The Morgan fingerprint density at radius 2 is 1.93 bits per heavy atom. The van der Waals surface area contributed by atoms with Crippen LogP contribution in [0.4, 0.5) is 11.4 Å². The van der Waals surface area contributed by atoms with Gasteiger partial charge in [0.25, 0.3) is 0 Å². The number of amides is 1. The van der Waals surface area contributed by atoms with Gasteiger partial charge >= 0.3 is 0 Å². The predicted octanol–water partition coefficient (Wildman–Crippen LogP) is 2.86. The standard InChI is InChI=1S/C23H27N5O/c1-24-11-4-12-25-22-15-21(27-20-6-3-2-5-19(20)22)17-7-9-18(10-8-17)28-14-13-26-23(29)16-28/h2-3,5-10,15,24H,4,11-14,16H2,1H3,(H,25,27)(H,26,29). The number of hydrogen-bond acceptors (Lipinski definition) is 5. The summed E-state index contributed by atoms with van der Waals surface area (Å²) in [6.45, 7) is 3.83. The third-order valence-electron chi connectivity index (χ3n) is 5.20. The minimum atomic E-state index is 0.0745. The number of benzene rings is 2. The highest BCUT2D eigenvalue weighted by atomic mass is 16.2. The molecule has 3 N–H and O–H groups in total. The van der Waals surface area contributed by atoms with Crippen LogP contribution in [0.15, 0.2) is 54.6 Å². The molecule has 0 aliphatic carbocycles. The minimum Gasteiger partial charge on any atom is -0.384 e. The molecule has 0 radical (unpaired) electrons. The molecule has 1 amide bonds. The normalized spacial score (nSPS) is 14.1. The van der Waals surface area contributed by atoms with Gasteiger partial charge in [0, 0.05) is 42.0 Å². The van der Waals surface area contributed by atoms with Crippen molar-refractivity contribution in [2.24, 2.45) is 0 Å². The fourth-order valence-corrected chi connectivity index (χ4v) is 3.66. The van der Waals surface area contributed by atoms with Crippen LogP contribution in [0.25, 0.3) is 22.2 Å². The number of nitrogens with one attached hydrogen (secondary N) is 3. The molecular weight excluding hydrogens is 362 g/mol. The fraction of sp³-hybridized carbons (Fsp3) is 0.304. The van der Waals surface area contributed by atoms with Gasteiger partial charge in [-0.1, -0.05) is 30.3 Å². The van der Waals surface area contributed by atoms with Crippen LogP contribution in [0.5, 0.6) is 0 Å². The molecule has 0 unspecified atom stereocenters.